The zero-order chi connectivity index (χ0) is 44.8. The third-order valence-electron chi connectivity index (χ3n) is 12.6. The van der Waals surface area contributed by atoms with Gasteiger partial charge in [0.1, 0.15) is 6.10 Å². The second-order valence-electron chi connectivity index (χ2n) is 18.4. The summed E-state index contributed by atoms with van der Waals surface area (Å²) in [6.45, 7) is 5.94. The maximum absolute atomic E-state index is 13.9. The molecular weight excluding hydrogens is 757 g/mol. The molecule has 0 saturated heterocycles. The van der Waals surface area contributed by atoms with Gasteiger partial charge in [-0.05, 0) is 70.6 Å². The highest BCUT2D eigenvalue weighted by atomic mass is 16.6. The number of ether oxygens (including phenoxy) is 1. The molecule has 0 aromatic heterocycles. The summed E-state index contributed by atoms with van der Waals surface area (Å²) in [5, 5.41) is 21.2. The summed E-state index contributed by atoms with van der Waals surface area (Å²) in [6, 6.07) is 0. The van der Waals surface area contributed by atoms with E-state index in [1.165, 1.54) is 141 Å². The van der Waals surface area contributed by atoms with E-state index < -0.39 is 35.8 Å². The van der Waals surface area contributed by atoms with E-state index >= 15 is 0 Å². The average molecular weight is 859 g/mol. The molecule has 0 rings (SSSR count). The van der Waals surface area contributed by atoms with E-state index in [2.05, 4.69) is 45.1 Å². The Bertz CT molecular complexity index is 1040. The van der Waals surface area contributed by atoms with Crippen LogP contribution in [0.25, 0.3) is 0 Å². The Kier molecular flexibility index (Phi) is 44.9. The molecule has 61 heavy (non-hydrogen) atoms. The average Bonchev–Trinajstić information content (AvgIpc) is 3.26. The van der Waals surface area contributed by atoms with Crippen LogP contribution in [0.1, 0.15) is 290 Å². The first-order valence-corrected chi connectivity index (χ1v) is 26.8. The first kappa shape index (κ1) is 59.2. The first-order chi connectivity index (χ1) is 29.9. The van der Waals surface area contributed by atoms with Gasteiger partial charge >= 0.3 is 5.97 Å². The van der Waals surface area contributed by atoms with Crippen molar-refractivity contribution < 1.29 is 29.3 Å². The van der Waals surface area contributed by atoms with Crippen LogP contribution in [0.2, 0.25) is 0 Å². The number of Topliss-reactive ketones (excluding diaryl/α,β-unsaturated/α-hetero) is 2. The summed E-state index contributed by atoms with van der Waals surface area (Å²) in [4.78, 5) is 41.2. The molecule has 2 N–H and O–H groups in total. The Labute approximate surface area is 378 Å². The SMILES string of the molecule is CCCCCCCCC=CCCCCCCCC(=O)OC(C(=O)CCCCCCCC=CCCCCCCCC)(C(=O)CCCCCCCCCCCCCCC)C(O)CO. The largest absolute Gasteiger partial charge is 0.440 e. The van der Waals surface area contributed by atoms with Crippen molar-refractivity contribution in [1.82, 2.24) is 0 Å². The van der Waals surface area contributed by atoms with Gasteiger partial charge < -0.3 is 14.9 Å². The summed E-state index contributed by atoms with van der Waals surface area (Å²) in [7, 11) is 0. The van der Waals surface area contributed by atoms with Crippen molar-refractivity contribution in [3.8, 4) is 0 Å². The van der Waals surface area contributed by atoms with Gasteiger partial charge in [-0.1, -0.05) is 225 Å². The second kappa shape index (κ2) is 46.2. The smallest absolute Gasteiger partial charge is 0.307 e. The van der Waals surface area contributed by atoms with Gasteiger partial charge in [-0.3, -0.25) is 14.4 Å². The maximum atomic E-state index is 13.9. The number of hydrogen-bond donors (Lipinski definition) is 2. The Hall–Kier alpha value is -1.79. The molecule has 6 heteroatoms. The third-order valence-corrected chi connectivity index (χ3v) is 12.6. The van der Waals surface area contributed by atoms with Crippen molar-refractivity contribution in [3.05, 3.63) is 24.3 Å². The first-order valence-electron chi connectivity index (χ1n) is 26.8. The Balaban J connectivity index is 4.93. The van der Waals surface area contributed by atoms with Gasteiger partial charge in [0.05, 0.1) is 6.61 Å². The highest BCUT2D eigenvalue weighted by Crippen LogP contribution is 2.28. The molecule has 358 valence electrons. The lowest BCUT2D eigenvalue weighted by Gasteiger charge is -2.34. The number of carbonyl (C=O) groups excluding carboxylic acids is 3. The normalized spacial score (nSPS) is 13.3. The number of unbranched alkanes of at least 4 members (excludes halogenated alkanes) is 34. The number of allylic oxidation sites excluding steroid dienone is 4. The lowest BCUT2D eigenvalue weighted by molar-refractivity contribution is -0.188. The van der Waals surface area contributed by atoms with E-state index in [0.29, 0.717) is 19.3 Å². The minimum Gasteiger partial charge on any atom is -0.440 e. The summed E-state index contributed by atoms with van der Waals surface area (Å²) in [6.07, 6.45) is 52.5. The quantitative estimate of drug-likeness (QED) is 0.0273. The molecule has 0 spiro atoms. The highest BCUT2D eigenvalue weighted by molar-refractivity contribution is 6.12. The lowest BCUT2D eigenvalue weighted by Crippen LogP contribution is -2.60. The van der Waals surface area contributed by atoms with Crippen LogP contribution in [0.3, 0.4) is 0 Å². The van der Waals surface area contributed by atoms with Gasteiger partial charge in [-0.25, -0.2) is 0 Å². The van der Waals surface area contributed by atoms with Crippen molar-refractivity contribution in [1.29, 1.82) is 0 Å². The fourth-order valence-electron chi connectivity index (χ4n) is 8.44. The van der Waals surface area contributed by atoms with Crippen LogP contribution in [0.4, 0.5) is 0 Å². The number of rotatable bonds is 49. The lowest BCUT2D eigenvalue weighted by atomic mass is 9.82. The molecule has 0 saturated carbocycles. The van der Waals surface area contributed by atoms with Gasteiger partial charge in [0.2, 0.25) is 0 Å². The van der Waals surface area contributed by atoms with Crippen LogP contribution in [0, 0.1) is 0 Å². The molecule has 0 bridgehead atoms. The molecular formula is C55H102O6. The Morgan fingerprint density at radius 2 is 0.639 bits per heavy atom. The van der Waals surface area contributed by atoms with Crippen molar-refractivity contribution in [2.75, 3.05) is 6.61 Å². The third kappa shape index (κ3) is 35.3. The van der Waals surface area contributed by atoms with Crippen LogP contribution in [0.5, 0.6) is 0 Å². The van der Waals surface area contributed by atoms with E-state index in [-0.39, 0.29) is 19.3 Å². The number of esters is 1. The van der Waals surface area contributed by atoms with Gasteiger partial charge in [-0.2, -0.15) is 0 Å². The minimum atomic E-state index is -2.33. The predicted molar refractivity (Wildman–Crippen MR) is 261 cm³/mol. The van der Waals surface area contributed by atoms with Gasteiger partial charge in [0.25, 0.3) is 5.60 Å². The number of hydrogen-bond acceptors (Lipinski definition) is 6. The van der Waals surface area contributed by atoms with E-state index in [0.717, 1.165) is 89.9 Å². The molecule has 2 unspecified atom stereocenters. The van der Waals surface area contributed by atoms with Gasteiger partial charge in [0, 0.05) is 19.3 Å². The van der Waals surface area contributed by atoms with Crippen molar-refractivity contribution in [3.63, 3.8) is 0 Å². The van der Waals surface area contributed by atoms with Crippen molar-refractivity contribution in [2.45, 2.75) is 302 Å². The van der Waals surface area contributed by atoms with Crippen LogP contribution >= 0.6 is 0 Å². The van der Waals surface area contributed by atoms with Crippen LogP contribution in [-0.2, 0) is 19.1 Å². The molecule has 0 fully saturated rings. The Morgan fingerprint density at radius 3 is 0.918 bits per heavy atom. The zero-order valence-corrected chi connectivity index (χ0v) is 40.8. The molecule has 2 atom stereocenters. The predicted octanol–water partition coefficient (Wildman–Crippen LogP) is 16.3. The molecule has 0 aliphatic carbocycles. The van der Waals surface area contributed by atoms with Crippen LogP contribution in [0.15, 0.2) is 24.3 Å². The van der Waals surface area contributed by atoms with E-state index in [1.54, 1.807) is 0 Å². The maximum Gasteiger partial charge on any atom is 0.307 e. The van der Waals surface area contributed by atoms with Gasteiger partial charge in [0.15, 0.2) is 11.6 Å². The topological polar surface area (TPSA) is 101 Å². The van der Waals surface area contributed by atoms with Crippen molar-refractivity contribution in [2.24, 2.45) is 0 Å². The molecule has 0 radical (unpaired) electrons. The number of aliphatic hydroxyl groups is 2. The number of carbonyl (C=O) groups is 3. The van der Waals surface area contributed by atoms with Crippen molar-refractivity contribution >= 4 is 17.5 Å². The summed E-state index contributed by atoms with van der Waals surface area (Å²) in [5.74, 6) is -1.77. The standard InChI is InChI=1S/C55H102O6/c1-4-7-10-13-16-19-22-25-27-30-33-36-39-42-45-48-52(58)55(53(59)50-56,51(57)47-44-41-38-35-32-29-24-21-18-15-12-9-6-3)61-54(60)49-46-43-40-37-34-31-28-26-23-20-17-14-11-8-5-2/h25-28,53,56,59H,4-24,29-50H2,1-3H3. The van der Waals surface area contributed by atoms with Gasteiger partial charge in [-0.15, -0.1) is 0 Å². The van der Waals surface area contributed by atoms with E-state index in [1.807, 2.05) is 0 Å². The molecule has 0 aliphatic heterocycles. The fraction of sp³-hybridized carbons (Fsp3) is 0.873. The summed E-state index contributed by atoms with van der Waals surface area (Å²) < 4.78 is 5.81. The monoisotopic (exact) mass is 859 g/mol. The fourth-order valence-corrected chi connectivity index (χ4v) is 8.44. The Morgan fingerprint density at radius 1 is 0.393 bits per heavy atom. The second-order valence-corrected chi connectivity index (χ2v) is 18.4. The summed E-state index contributed by atoms with van der Waals surface area (Å²) in [5.41, 5.74) is -2.33. The van der Waals surface area contributed by atoms with E-state index in [4.69, 9.17) is 4.74 Å². The number of aliphatic hydroxyl groups excluding tert-OH is 2. The van der Waals surface area contributed by atoms with Crippen LogP contribution < -0.4 is 0 Å². The number of ketones is 2. The minimum absolute atomic E-state index is 0.0419. The van der Waals surface area contributed by atoms with Crippen LogP contribution in [-0.4, -0.2) is 46.1 Å². The summed E-state index contributed by atoms with van der Waals surface area (Å²) >= 11 is 0. The highest BCUT2D eigenvalue weighted by Gasteiger charge is 2.53. The molecule has 6 nitrogen and oxygen atoms in total. The molecule has 0 aliphatic rings. The zero-order valence-electron chi connectivity index (χ0n) is 40.8. The molecule has 0 amide bonds. The molecule has 0 aromatic rings. The molecule has 0 aromatic carbocycles. The van der Waals surface area contributed by atoms with E-state index in [9.17, 15) is 24.6 Å². The molecule has 0 heterocycles.